The van der Waals surface area contributed by atoms with Crippen molar-refractivity contribution in [1.82, 2.24) is 0 Å². The molecule has 5 nitrogen and oxygen atoms in total. The van der Waals surface area contributed by atoms with Crippen LogP contribution in [0.15, 0.2) is 18.2 Å². The Morgan fingerprint density at radius 1 is 1.40 bits per heavy atom. The van der Waals surface area contributed by atoms with Gasteiger partial charge in [-0.1, -0.05) is 11.6 Å². The van der Waals surface area contributed by atoms with E-state index in [1.165, 1.54) is 19.2 Å². The number of ether oxygens (including phenoxy) is 1. The Labute approximate surface area is 123 Å². The number of anilines is 1. The zero-order valence-electron chi connectivity index (χ0n) is 11.8. The Balaban J connectivity index is 2.83. The quantitative estimate of drug-likeness (QED) is 0.819. The molecule has 0 aromatic heterocycles. The number of carbonyl (C=O) groups is 2. The molecule has 1 amide bonds. The number of nitrogens with one attached hydrogen (secondary N) is 1. The second-order valence-corrected chi connectivity index (χ2v) is 5.65. The molecule has 0 atom stereocenters. The first kappa shape index (κ1) is 16.5. The van der Waals surface area contributed by atoms with Gasteiger partial charge in [0.05, 0.1) is 18.4 Å². The van der Waals surface area contributed by atoms with Gasteiger partial charge in [-0.3, -0.25) is 4.79 Å². The van der Waals surface area contributed by atoms with Gasteiger partial charge >= 0.3 is 5.97 Å². The van der Waals surface area contributed by atoms with E-state index in [-0.39, 0.29) is 17.9 Å². The van der Waals surface area contributed by atoms with Crippen LogP contribution in [0.3, 0.4) is 0 Å². The first-order chi connectivity index (χ1) is 9.23. The summed E-state index contributed by atoms with van der Waals surface area (Å²) in [5, 5.41) is 3.08. The van der Waals surface area contributed by atoms with E-state index in [0.29, 0.717) is 17.1 Å². The summed E-state index contributed by atoms with van der Waals surface area (Å²) >= 11 is 5.87. The SMILES string of the molecule is COC(=O)c1ccc(Cl)cc1NC(=O)CCC(C)(C)N. The van der Waals surface area contributed by atoms with Crippen molar-refractivity contribution < 1.29 is 14.3 Å². The lowest BCUT2D eigenvalue weighted by Crippen LogP contribution is -2.33. The molecular weight excluding hydrogens is 280 g/mol. The van der Waals surface area contributed by atoms with Gasteiger partial charge in [0, 0.05) is 17.0 Å². The molecule has 0 spiro atoms. The molecule has 1 rings (SSSR count). The Hall–Kier alpha value is -1.59. The van der Waals surface area contributed by atoms with Crippen molar-refractivity contribution in [1.29, 1.82) is 0 Å². The maximum atomic E-state index is 11.9. The zero-order chi connectivity index (χ0) is 15.3. The average Bonchev–Trinajstić information content (AvgIpc) is 2.35. The number of esters is 1. The summed E-state index contributed by atoms with van der Waals surface area (Å²) in [6, 6.07) is 4.59. The minimum atomic E-state index is -0.531. The van der Waals surface area contributed by atoms with Gasteiger partial charge in [-0.25, -0.2) is 4.79 Å². The van der Waals surface area contributed by atoms with Gasteiger partial charge in [-0.15, -0.1) is 0 Å². The second kappa shape index (κ2) is 6.72. The van der Waals surface area contributed by atoms with E-state index in [2.05, 4.69) is 10.1 Å². The molecule has 0 aliphatic rings. The smallest absolute Gasteiger partial charge is 0.339 e. The van der Waals surface area contributed by atoms with E-state index in [1.807, 2.05) is 13.8 Å². The van der Waals surface area contributed by atoms with E-state index in [0.717, 1.165) is 0 Å². The van der Waals surface area contributed by atoms with Crippen LogP contribution in [0.1, 0.15) is 37.0 Å². The molecule has 6 heteroatoms. The Morgan fingerprint density at radius 3 is 2.60 bits per heavy atom. The predicted octanol–water partition coefficient (Wildman–Crippen LogP) is 2.58. The molecular formula is C14H19ClN2O3. The number of amides is 1. The first-order valence-electron chi connectivity index (χ1n) is 6.19. The molecule has 0 saturated carbocycles. The van der Waals surface area contributed by atoms with Gasteiger partial charge < -0.3 is 15.8 Å². The van der Waals surface area contributed by atoms with E-state index in [9.17, 15) is 9.59 Å². The first-order valence-corrected chi connectivity index (χ1v) is 6.57. The number of hydrogen-bond donors (Lipinski definition) is 2. The highest BCUT2D eigenvalue weighted by molar-refractivity contribution is 6.31. The van der Waals surface area contributed by atoms with Gasteiger partial charge in [0.2, 0.25) is 5.91 Å². The van der Waals surface area contributed by atoms with Crippen molar-refractivity contribution in [3.63, 3.8) is 0 Å². The summed E-state index contributed by atoms with van der Waals surface area (Å²) in [5.74, 6) is -0.757. The number of halogens is 1. The maximum Gasteiger partial charge on any atom is 0.339 e. The highest BCUT2D eigenvalue weighted by Crippen LogP contribution is 2.22. The molecule has 0 aliphatic heterocycles. The van der Waals surface area contributed by atoms with Crippen LogP contribution in [0, 0.1) is 0 Å². The standard InChI is InChI=1S/C14H19ClN2O3/c1-14(2,16)7-6-12(18)17-11-8-9(15)4-5-10(11)13(19)20-3/h4-5,8H,6-7,16H2,1-3H3,(H,17,18). The van der Waals surface area contributed by atoms with E-state index in [4.69, 9.17) is 17.3 Å². The van der Waals surface area contributed by atoms with E-state index < -0.39 is 11.5 Å². The Bertz CT molecular complexity index is 510. The largest absolute Gasteiger partial charge is 0.465 e. The number of rotatable bonds is 5. The average molecular weight is 299 g/mol. The van der Waals surface area contributed by atoms with Crippen LogP contribution in [-0.4, -0.2) is 24.5 Å². The Kier molecular flexibility index (Phi) is 5.53. The van der Waals surface area contributed by atoms with Gasteiger partial charge in [0.15, 0.2) is 0 Å². The molecule has 0 unspecified atom stereocenters. The predicted molar refractivity (Wildman–Crippen MR) is 78.9 cm³/mol. The van der Waals surface area contributed by atoms with Gasteiger partial charge in [0.25, 0.3) is 0 Å². The summed E-state index contributed by atoms with van der Waals surface area (Å²) in [5.41, 5.74) is 6.00. The van der Waals surface area contributed by atoms with Crippen LogP contribution in [0.5, 0.6) is 0 Å². The lowest BCUT2D eigenvalue weighted by Gasteiger charge is -2.18. The third-order valence-electron chi connectivity index (χ3n) is 2.66. The highest BCUT2D eigenvalue weighted by Gasteiger charge is 2.17. The van der Waals surface area contributed by atoms with E-state index >= 15 is 0 Å². The molecule has 20 heavy (non-hydrogen) atoms. The molecule has 1 aromatic carbocycles. The van der Waals surface area contributed by atoms with Crippen LogP contribution in [0.4, 0.5) is 5.69 Å². The molecule has 0 heterocycles. The number of methoxy groups -OCH3 is 1. The van der Waals surface area contributed by atoms with Crippen LogP contribution in [0.2, 0.25) is 5.02 Å². The van der Waals surface area contributed by atoms with Crippen LogP contribution in [-0.2, 0) is 9.53 Å². The fourth-order valence-electron chi connectivity index (χ4n) is 1.56. The van der Waals surface area contributed by atoms with E-state index in [1.54, 1.807) is 6.07 Å². The van der Waals surface area contributed by atoms with Crippen LogP contribution < -0.4 is 11.1 Å². The summed E-state index contributed by atoms with van der Waals surface area (Å²) in [6.45, 7) is 3.69. The Morgan fingerprint density at radius 2 is 2.05 bits per heavy atom. The summed E-state index contributed by atoms with van der Waals surface area (Å²) in [6.07, 6.45) is 0.795. The molecule has 0 bridgehead atoms. The minimum absolute atomic E-state index is 0.226. The normalized spacial score (nSPS) is 11.1. The lowest BCUT2D eigenvalue weighted by molar-refractivity contribution is -0.116. The zero-order valence-corrected chi connectivity index (χ0v) is 12.6. The molecule has 0 radical (unpaired) electrons. The van der Waals surface area contributed by atoms with Gasteiger partial charge in [-0.2, -0.15) is 0 Å². The lowest BCUT2D eigenvalue weighted by atomic mass is 10.00. The van der Waals surface area contributed by atoms with Crippen LogP contribution >= 0.6 is 11.6 Å². The van der Waals surface area contributed by atoms with Gasteiger partial charge in [0.1, 0.15) is 0 Å². The number of carbonyl (C=O) groups excluding carboxylic acids is 2. The topological polar surface area (TPSA) is 81.4 Å². The number of benzene rings is 1. The van der Waals surface area contributed by atoms with Crippen LogP contribution in [0.25, 0.3) is 0 Å². The molecule has 0 saturated heterocycles. The third kappa shape index (κ3) is 5.19. The summed E-state index contributed by atoms with van der Waals surface area (Å²) in [4.78, 5) is 23.5. The van der Waals surface area contributed by atoms with Crippen molar-refractivity contribution in [2.45, 2.75) is 32.2 Å². The summed E-state index contributed by atoms with van der Waals surface area (Å²) in [7, 11) is 1.28. The van der Waals surface area contributed by atoms with Crippen molar-refractivity contribution >= 4 is 29.2 Å². The molecule has 0 aliphatic carbocycles. The maximum absolute atomic E-state index is 11.9. The van der Waals surface area contributed by atoms with Crippen molar-refractivity contribution in [3.05, 3.63) is 28.8 Å². The fourth-order valence-corrected chi connectivity index (χ4v) is 1.73. The third-order valence-corrected chi connectivity index (χ3v) is 2.89. The molecule has 0 fully saturated rings. The minimum Gasteiger partial charge on any atom is -0.465 e. The van der Waals surface area contributed by atoms with Crippen molar-refractivity contribution in [2.24, 2.45) is 5.73 Å². The second-order valence-electron chi connectivity index (χ2n) is 5.22. The molecule has 3 N–H and O–H groups in total. The highest BCUT2D eigenvalue weighted by atomic mass is 35.5. The molecule has 110 valence electrons. The van der Waals surface area contributed by atoms with Crippen molar-refractivity contribution in [3.8, 4) is 0 Å². The van der Waals surface area contributed by atoms with Gasteiger partial charge in [-0.05, 0) is 38.5 Å². The number of nitrogens with two attached hydrogens (primary N) is 1. The van der Waals surface area contributed by atoms with Crippen molar-refractivity contribution in [2.75, 3.05) is 12.4 Å². The molecule has 1 aromatic rings. The fraction of sp³-hybridized carbons (Fsp3) is 0.429. The number of hydrogen-bond acceptors (Lipinski definition) is 4. The monoisotopic (exact) mass is 298 g/mol. The summed E-state index contributed by atoms with van der Waals surface area (Å²) < 4.78 is 4.66.